The van der Waals surface area contributed by atoms with Crippen molar-refractivity contribution in [2.24, 2.45) is 0 Å². The van der Waals surface area contributed by atoms with Crippen LogP contribution in [0, 0.1) is 0 Å². The molecule has 0 amide bonds. The van der Waals surface area contributed by atoms with Gasteiger partial charge in [0.25, 0.3) is 0 Å². The van der Waals surface area contributed by atoms with Gasteiger partial charge in [-0.2, -0.15) is 0 Å². The molecule has 0 radical (unpaired) electrons. The van der Waals surface area contributed by atoms with Gasteiger partial charge in [-0.25, -0.2) is 19.2 Å². The molecule has 0 aromatic heterocycles. The second kappa shape index (κ2) is 12.7. The average Bonchev–Trinajstić information content (AvgIpc) is 2.94. The van der Waals surface area contributed by atoms with Gasteiger partial charge in [0, 0.05) is 17.1 Å². The number of carbonyl (C=O) groups excluding carboxylic acids is 4. The molecular weight excluding hydrogens is 512 g/mol. The summed E-state index contributed by atoms with van der Waals surface area (Å²) >= 11 is 0. The summed E-state index contributed by atoms with van der Waals surface area (Å²) in [5.74, 6) is -1.40. The fourth-order valence-electron chi connectivity index (χ4n) is 3.40. The molecule has 8 heteroatoms. The Bertz CT molecular complexity index is 1420. The molecule has 0 bridgehead atoms. The number of rotatable bonds is 10. The van der Waals surface area contributed by atoms with Gasteiger partial charge in [-0.3, -0.25) is 0 Å². The van der Waals surface area contributed by atoms with Crippen LogP contribution in [-0.4, -0.2) is 30.0 Å². The van der Waals surface area contributed by atoms with Crippen LogP contribution in [0.25, 0.3) is 0 Å². The molecule has 0 fully saturated rings. The fourth-order valence-corrected chi connectivity index (χ4v) is 3.40. The summed E-state index contributed by atoms with van der Waals surface area (Å²) in [7, 11) is 0. The number of esters is 4. The molecule has 8 nitrogen and oxygen atoms in total. The van der Waals surface area contributed by atoms with Gasteiger partial charge in [0.1, 0.15) is 23.4 Å². The Kier molecular flexibility index (Phi) is 9.40. The smallest absolute Gasteiger partial charge is 0.343 e. The molecule has 0 heterocycles. The van der Waals surface area contributed by atoms with E-state index in [2.05, 4.69) is 13.2 Å². The topological polar surface area (TPSA) is 105 Å². The lowest BCUT2D eigenvalue weighted by atomic mass is 9.80. The number of hydrogen-bond donors (Lipinski definition) is 0. The van der Waals surface area contributed by atoms with Crippen molar-refractivity contribution in [2.45, 2.75) is 39.2 Å². The van der Waals surface area contributed by atoms with E-state index in [1.807, 2.05) is 13.8 Å². The SMILES string of the molecule is C=CC(=O)OC(C)C(C)(C)c1ccc(OC(=O)c2ccc(C(=O)Oc3ccc(OC(=O)C(=C)C)cc3)cc2)cc1. The van der Waals surface area contributed by atoms with Gasteiger partial charge in [0.15, 0.2) is 0 Å². The molecule has 0 aliphatic carbocycles. The highest BCUT2D eigenvalue weighted by molar-refractivity contribution is 5.95. The number of carbonyl (C=O) groups is 4. The summed E-state index contributed by atoms with van der Waals surface area (Å²) in [4.78, 5) is 48.3. The Morgan fingerprint density at radius 2 is 1.12 bits per heavy atom. The van der Waals surface area contributed by atoms with Gasteiger partial charge >= 0.3 is 23.9 Å². The molecule has 0 saturated carbocycles. The lowest BCUT2D eigenvalue weighted by Gasteiger charge is -2.31. The largest absolute Gasteiger partial charge is 0.459 e. The van der Waals surface area contributed by atoms with E-state index in [0.29, 0.717) is 5.75 Å². The fraction of sp³-hybridized carbons (Fsp3) is 0.188. The van der Waals surface area contributed by atoms with Gasteiger partial charge in [0.2, 0.25) is 0 Å². The summed E-state index contributed by atoms with van der Waals surface area (Å²) in [6.07, 6.45) is 0.707. The predicted octanol–water partition coefficient (Wildman–Crippen LogP) is 6.00. The third-order valence-electron chi connectivity index (χ3n) is 6.23. The van der Waals surface area contributed by atoms with Crippen LogP contribution in [0.15, 0.2) is 97.6 Å². The highest BCUT2D eigenvalue weighted by Crippen LogP contribution is 2.30. The van der Waals surface area contributed by atoms with E-state index in [1.54, 1.807) is 31.2 Å². The van der Waals surface area contributed by atoms with Crippen molar-refractivity contribution in [3.8, 4) is 17.2 Å². The Labute approximate surface area is 232 Å². The van der Waals surface area contributed by atoms with E-state index in [-0.39, 0.29) is 28.2 Å². The first kappa shape index (κ1) is 29.6. The minimum atomic E-state index is -0.627. The Morgan fingerprint density at radius 1 is 0.725 bits per heavy atom. The second-order valence-electron chi connectivity index (χ2n) is 9.53. The van der Waals surface area contributed by atoms with Crippen LogP contribution < -0.4 is 14.2 Å². The minimum Gasteiger partial charge on any atom is -0.459 e. The summed E-state index contributed by atoms with van der Waals surface area (Å²) < 4.78 is 21.3. The molecule has 1 unspecified atom stereocenters. The van der Waals surface area contributed by atoms with Crippen molar-refractivity contribution in [3.05, 3.63) is 114 Å². The van der Waals surface area contributed by atoms with Gasteiger partial charge in [-0.1, -0.05) is 39.1 Å². The van der Waals surface area contributed by atoms with E-state index in [1.165, 1.54) is 55.5 Å². The van der Waals surface area contributed by atoms with Crippen molar-refractivity contribution in [1.29, 1.82) is 0 Å². The van der Waals surface area contributed by atoms with Crippen molar-refractivity contribution in [1.82, 2.24) is 0 Å². The highest BCUT2D eigenvalue weighted by atomic mass is 16.6. The molecule has 0 spiro atoms. The van der Waals surface area contributed by atoms with Crippen molar-refractivity contribution < 1.29 is 38.1 Å². The monoisotopic (exact) mass is 542 g/mol. The van der Waals surface area contributed by atoms with Crippen molar-refractivity contribution in [3.63, 3.8) is 0 Å². The van der Waals surface area contributed by atoms with Crippen LogP contribution in [-0.2, 0) is 19.7 Å². The van der Waals surface area contributed by atoms with Crippen LogP contribution in [0.2, 0.25) is 0 Å². The van der Waals surface area contributed by atoms with E-state index >= 15 is 0 Å². The van der Waals surface area contributed by atoms with E-state index in [0.717, 1.165) is 11.6 Å². The highest BCUT2D eigenvalue weighted by Gasteiger charge is 2.30. The molecule has 0 saturated heterocycles. The van der Waals surface area contributed by atoms with Crippen LogP contribution in [0.5, 0.6) is 17.2 Å². The zero-order valence-corrected chi connectivity index (χ0v) is 22.8. The summed E-state index contributed by atoms with van der Waals surface area (Å²) in [5, 5.41) is 0. The van der Waals surface area contributed by atoms with Crippen LogP contribution in [0.1, 0.15) is 54.0 Å². The summed E-state index contributed by atoms with van der Waals surface area (Å²) in [6.45, 7) is 14.2. The third-order valence-corrected chi connectivity index (χ3v) is 6.23. The van der Waals surface area contributed by atoms with Gasteiger partial charge < -0.3 is 18.9 Å². The molecule has 0 aliphatic rings. The molecule has 0 N–H and O–H groups in total. The van der Waals surface area contributed by atoms with E-state index in [4.69, 9.17) is 18.9 Å². The van der Waals surface area contributed by atoms with Crippen LogP contribution in [0.4, 0.5) is 0 Å². The molecule has 3 aromatic rings. The maximum absolute atomic E-state index is 12.6. The first-order chi connectivity index (χ1) is 18.9. The predicted molar refractivity (Wildman–Crippen MR) is 148 cm³/mol. The molecule has 206 valence electrons. The third kappa shape index (κ3) is 7.54. The maximum Gasteiger partial charge on any atom is 0.343 e. The average molecular weight is 543 g/mol. The van der Waals surface area contributed by atoms with Gasteiger partial charge in [-0.15, -0.1) is 0 Å². The summed E-state index contributed by atoms with van der Waals surface area (Å²) in [6, 6.07) is 18.7. The quantitative estimate of drug-likeness (QED) is 0.174. The standard InChI is InChI=1S/C32H30O8/c1-7-28(33)37-21(4)32(5,6)24-12-14-25(15-13-24)39-30(35)22-8-10-23(11-9-22)31(36)40-27-18-16-26(17-19-27)38-29(34)20(2)3/h7-19,21H,1-2H2,3-6H3. The molecular formula is C32H30O8. The number of hydrogen-bond acceptors (Lipinski definition) is 8. The zero-order chi connectivity index (χ0) is 29.4. The first-order valence-electron chi connectivity index (χ1n) is 12.4. The first-order valence-corrected chi connectivity index (χ1v) is 12.4. The van der Waals surface area contributed by atoms with Crippen LogP contribution >= 0.6 is 0 Å². The normalized spacial score (nSPS) is 11.5. The molecule has 1 atom stereocenters. The lowest BCUT2D eigenvalue weighted by Crippen LogP contribution is -2.34. The second-order valence-corrected chi connectivity index (χ2v) is 9.53. The Balaban J connectivity index is 1.58. The maximum atomic E-state index is 12.6. The van der Waals surface area contributed by atoms with Crippen molar-refractivity contribution >= 4 is 23.9 Å². The Hall–Kier alpha value is -4.98. The molecule has 40 heavy (non-hydrogen) atoms. The van der Waals surface area contributed by atoms with E-state index in [9.17, 15) is 19.2 Å². The molecule has 0 aliphatic heterocycles. The summed E-state index contributed by atoms with van der Waals surface area (Å²) in [5.41, 5.74) is 1.13. The van der Waals surface area contributed by atoms with Gasteiger partial charge in [-0.05, 0) is 80.1 Å². The lowest BCUT2D eigenvalue weighted by molar-refractivity contribution is -0.145. The molecule has 3 rings (SSSR count). The van der Waals surface area contributed by atoms with Gasteiger partial charge in [0.05, 0.1) is 11.1 Å². The number of benzene rings is 3. The Morgan fingerprint density at radius 3 is 1.52 bits per heavy atom. The molecule has 3 aromatic carbocycles. The minimum absolute atomic E-state index is 0.229. The van der Waals surface area contributed by atoms with Crippen LogP contribution in [0.3, 0.4) is 0 Å². The number of ether oxygens (including phenoxy) is 4. The van der Waals surface area contributed by atoms with Crippen molar-refractivity contribution in [2.75, 3.05) is 0 Å². The van der Waals surface area contributed by atoms with E-state index < -0.39 is 35.4 Å². The zero-order valence-electron chi connectivity index (χ0n) is 22.8.